The number of nitrogens with one attached hydrogen (secondary N) is 2. The van der Waals surface area contributed by atoms with E-state index < -0.39 is 5.60 Å². The Morgan fingerprint density at radius 1 is 1.03 bits per heavy atom. The third-order valence-electron chi connectivity index (χ3n) is 6.53. The normalized spacial score (nSPS) is 14.9. The fourth-order valence-electron chi connectivity index (χ4n) is 4.39. The van der Waals surface area contributed by atoms with Gasteiger partial charge in [0.15, 0.2) is 0 Å². The number of aryl methyl sites for hydroxylation is 1. The molecular formula is C29H31N5O2. The summed E-state index contributed by atoms with van der Waals surface area (Å²) < 4.78 is 1.63. The maximum absolute atomic E-state index is 13.4. The van der Waals surface area contributed by atoms with Crippen LogP contribution in [0.25, 0.3) is 5.69 Å². The second kappa shape index (κ2) is 10.1. The second-order valence-corrected chi connectivity index (χ2v) is 9.37. The summed E-state index contributed by atoms with van der Waals surface area (Å²) in [6, 6.07) is 26.9. The number of rotatable bonds is 9. The van der Waals surface area contributed by atoms with Gasteiger partial charge in [-0.3, -0.25) is 4.79 Å². The van der Waals surface area contributed by atoms with Gasteiger partial charge in [-0.05, 0) is 66.8 Å². The maximum Gasteiger partial charge on any atom is 0.274 e. The van der Waals surface area contributed by atoms with Gasteiger partial charge in [-0.25, -0.2) is 4.68 Å². The number of carbonyl (C=O) groups is 1. The van der Waals surface area contributed by atoms with E-state index in [-0.39, 0.29) is 5.91 Å². The van der Waals surface area contributed by atoms with Crippen LogP contribution >= 0.6 is 0 Å². The van der Waals surface area contributed by atoms with Crippen molar-refractivity contribution in [2.24, 2.45) is 5.73 Å². The Morgan fingerprint density at radius 2 is 1.78 bits per heavy atom. The summed E-state index contributed by atoms with van der Waals surface area (Å²) in [6.45, 7) is 2.65. The lowest BCUT2D eigenvalue weighted by Crippen LogP contribution is -2.40. The fraction of sp³-hybridized carbons (Fsp3) is 0.241. The van der Waals surface area contributed by atoms with Crippen molar-refractivity contribution in [2.45, 2.75) is 38.0 Å². The van der Waals surface area contributed by atoms with Gasteiger partial charge < -0.3 is 21.5 Å². The number of nitrogens with zero attached hydrogens (tertiary/aromatic N) is 2. The molecule has 3 aromatic carbocycles. The molecule has 7 heteroatoms. The van der Waals surface area contributed by atoms with Gasteiger partial charge in [0.25, 0.3) is 5.91 Å². The van der Waals surface area contributed by atoms with Gasteiger partial charge >= 0.3 is 0 Å². The Kier molecular flexibility index (Phi) is 6.69. The number of amides is 1. The van der Waals surface area contributed by atoms with Crippen LogP contribution < -0.4 is 16.4 Å². The third kappa shape index (κ3) is 5.09. The lowest BCUT2D eigenvalue weighted by Gasteiger charge is -2.30. The molecule has 1 amide bonds. The molecule has 0 spiro atoms. The summed E-state index contributed by atoms with van der Waals surface area (Å²) in [7, 11) is 0. The molecule has 36 heavy (non-hydrogen) atoms. The molecule has 0 radical (unpaired) electrons. The van der Waals surface area contributed by atoms with Crippen LogP contribution in [0.2, 0.25) is 0 Å². The topological polar surface area (TPSA) is 105 Å². The molecule has 1 aliphatic carbocycles. The van der Waals surface area contributed by atoms with Crippen molar-refractivity contribution >= 4 is 11.6 Å². The van der Waals surface area contributed by atoms with Crippen LogP contribution in [0.1, 0.15) is 45.7 Å². The number of nitrogens with two attached hydrogens (primary N) is 1. The molecule has 5 rings (SSSR count). The molecule has 4 aromatic rings. The highest BCUT2D eigenvalue weighted by Gasteiger charge is 2.34. The molecule has 1 saturated carbocycles. The number of anilines is 1. The maximum atomic E-state index is 13.4. The quantitative estimate of drug-likeness (QED) is 0.290. The molecule has 1 unspecified atom stereocenters. The van der Waals surface area contributed by atoms with Crippen molar-refractivity contribution in [3.8, 4) is 5.69 Å². The summed E-state index contributed by atoms with van der Waals surface area (Å²) in [4.78, 5) is 13.4. The van der Waals surface area contributed by atoms with Crippen molar-refractivity contribution in [1.29, 1.82) is 0 Å². The standard InChI is InChI=1S/C29H31N5O2/c1-20-15-27(34(33-20)26-12-5-7-21(16-26)18-30)28(35)32-25-11-6-10-23(17-25)29(36,19-31-24-13-14-24)22-8-3-2-4-9-22/h2-12,15-17,24,31,36H,13-14,18-19,30H2,1H3,(H,32,35). The molecule has 1 heterocycles. The highest BCUT2D eigenvalue weighted by molar-refractivity contribution is 6.03. The van der Waals surface area contributed by atoms with Crippen LogP contribution in [0.4, 0.5) is 5.69 Å². The molecule has 0 saturated heterocycles. The number of aliphatic hydroxyl groups is 1. The Morgan fingerprint density at radius 3 is 2.53 bits per heavy atom. The van der Waals surface area contributed by atoms with Crippen LogP contribution in [0.5, 0.6) is 0 Å². The molecule has 0 aliphatic heterocycles. The molecule has 5 N–H and O–H groups in total. The number of hydrogen-bond acceptors (Lipinski definition) is 5. The first-order valence-corrected chi connectivity index (χ1v) is 12.3. The van der Waals surface area contributed by atoms with Crippen LogP contribution in [-0.2, 0) is 12.1 Å². The predicted octanol–water partition coefficient (Wildman–Crippen LogP) is 3.88. The van der Waals surface area contributed by atoms with Crippen LogP contribution in [0.15, 0.2) is 84.9 Å². The number of aromatic nitrogens is 2. The first-order chi connectivity index (χ1) is 17.5. The van der Waals surface area contributed by atoms with Crippen molar-refractivity contribution < 1.29 is 9.90 Å². The molecule has 1 fully saturated rings. The third-order valence-corrected chi connectivity index (χ3v) is 6.53. The molecule has 1 atom stereocenters. The second-order valence-electron chi connectivity index (χ2n) is 9.37. The molecule has 1 aromatic heterocycles. The Bertz CT molecular complexity index is 1360. The zero-order valence-electron chi connectivity index (χ0n) is 20.3. The van der Waals surface area contributed by atoms with E-state index in [4.69, 9.17) is 5.73 Å². The average molecular weight is 482 g/mol. The zero-order chi connectivity index (χ0) is 25.1. The first kappa shape index (κ1) is 23.9. The van der Waals surface area contributed by atoms with Gasteiger partial charge in [0, 0.05) is 24.8 Å². The van der Waals surface area contributed by atoms with Crippen molar-refractivity contribution in [3.63, 3.8) is 0 Å². The van der Waals surface area contributed by atoms with E-state index in [0.29, 0.717) is 36.1 Å². The molecule has 7 nitrogen and oxygen atoms in total. The summed E-state index contributed by atoms with van der Waals surface area (Å²) in [5, 5.41) is 22.8. The Hall–Kier alpha value is -3.78. The van der Waals surface area contributed by atoms with Crippen LogP contribution in [0.3, 0.4) is 0 Å². The lowest BCUT2D eigenvalue weighted by atomic mass is 9.86. The Labute approximate surface area is 211 Å². The minimum absolute atomic E-state index is 0.287. The van der Waals surface area contributed by atoms with E-state index in [0.717, 1.165) is 35.3 Å². The van der Waals surface area contributed by atoms with Gasteiger partial charge in [0.05, 0.1) is 11.4 Å². The van der Waals surface area contributed by atoms with Crippen LogP contribution in [-0.4, -0.2) is 33.4 Å². The summed E-state index contributed by atoms with van der Waals surface area (Å²) in [5.41, 5.74) is 9.56. The van der Waals surface area contributed by atoms with Gasteiger partial charge in [0.2, 0.25) is 0 Å². The molecule has 1 aliphatic rings. The summed E-state index contributed by atoms with van der Waals surface area (Å²) in [6.07, 6.45) is 2.25. The van der Waals surface area contributed by atoms with E-state index in [2.05, 4.69) is 15.7 Å². The van der Waals surface area contributed by atoms with Crippen molar-refractivity contribution in [3.05, 3.63) is 113 Å². The zero-order valence-corrected chi connectivity index (χ0v) is 20.3. The van der Waals surface area contributed by atoms with E-state index in [1.807, 2.05) is 85.8 Å². The molecular weight excluding hydrogens is 450 g/mol. The van der Waals surface area contributed by atoms with Crippen molar-refractivity contribution in [2.75, 3.05) is 11.9 Å². The number of hydrogen-bond donors (Lipinski definition) is 4. The molecule has 0 bridgehead atoms. The summed E-state index contributed by atoms with van der Waals surface area (Å²) in [5.74, 6) is -0.287. The largest absolute Gasteiger partial charge is 0.379 e. The minimum Gasteiger partial charge on any atom is -0.379 e. The average Bonchev–Trinajstić information content (AvgIpc) is 3.66. The summed E-state index contributed by atoms with van der Waals surface area (Å²) >= 11 is 0. The van der Waals surface area contributed by atoms with E-state index >= 15 is 0 Å². The SMILES string of the molecule is Cc1cc(C(=O)Nc2cccc(C(O)(CNC3CC3)c3ccccc3)c2)n(-c2cccc(CN)c2)n1. The van der Waals surface area contributed by atoms with Crippen molar-refractivity contribution in [1.82, 2.24) is 15.1 Å². The lowest BCUT2D eigenvalue weighted by molar-refractivity contribution is 0.0795. The number of carbonyl (C=O) groups excluding carboxylic acids is 1. The predicted molar refractivity (Wildman–Crippen MR) is 141 cm³/mol. The van der Waals surface area contributed by atoms with Crippen LogP contribution in [0, 0.1) is 6.92 Å². The minimum atomic E-state index is -1.23. The fourth-order valence-corrected chi connectivity index (χ4v) is 4.39. The monoisotopic (exact) mass is 481 g/mol. The number of benzene rings is 3. The molecule has 184 valence electrons. The first-order valence-electron chi connectivity index (χ1n) is 12.3. The van der Waals surface area contributed by atoms with Gasteiger partial charge in [-0.1, -0.05) is 54.6 Å². The van der Waals surface area contributed by atoms with Gasteiger partial charge in [-0.2, -0.15) is 5.10 Å². The van der Waals surface area contributed by atoms with E-state index in [1.165, 1.54) is 0 Å². The Balaban J connectivity index is 1.43. The highest BCUT2D eigenvalue weighted by Crippen LogP contribution is 2.32. The van der Waals surface area contributed by atoms with Gasteiger partial charge in [0.1, 0.15) is 11.3 Å². The van der Waals surface area contributed by atoms with Gasteiger partial charge in [-0.15, -0.1) is 0 Å². The van der Waals surface area contributed by atoms with E-state index in [1.54, 1.807) is 10.7 Å². The highest BCUT2D eigenvalue weighted by atomic mass is 16.3. The van der Waals surface area contributed by atoms with E-state index in [9.17, 15) is 9.90 Å². The smallest absolute Gasteiger partial charge is 0.274 e.